The number of imidazole rings is 1. The fourth-order valence-corrected chi connectivity index (χ4v) is 3.75. The molecule has 0 aliphatic heterocycles. The van der Waals surface area contributed by atoms with Crippen LogP contribution in [0.2, 0.25) is 0 Å². The average molecular weight is 463 g/mol. The van der Waals surface area contributed by atoms with Gasteiger partial charge in [0, 0.05) is 36.1 Å². The summed E-state index contributed by atoms with van der Waals surface area (Å²) in [5.41, 5.74) is 2.22. The Balaban J connectivity index is 1.67. The van der Waals surface area contributed by atoms with Crippen LogP contribution in [0.4, 0.5) is 5.69 Å². The number of hydrogen-bond acceptors (Lipinski definition) is 4. The van der Waals surface area contributed by atoms with Crippen molar-refractivity contribution in [3.8, 4) is 5.75 Å². The number of rotatable bonds is 10. The number of carbonyl (C=O) groups excluding carboxylic acids is 2. The van der Waals surface area contributed by atoms with Crippen LogP contribution in [-0.2, 0) is 11.3 Å². The third kappa shape index (κ3) is 6.47. The Morgan fingerprint density at radius 1 is 1.06 bits per heavy atom. The lowest BCUT2D eigenvalue weighted by Crippen LogP contribution is -2.47. The van der Waals surface area contributed by atoms with Gasteiger partial charge in [0.1, 0.15) is 17.6 Å². The molecule has 1 heterocycles. The second kappa shape index (κ2) is 11.5. The minimum atomic E-state index is -0.677. The number of amides is 2. The molecular formula is C27H34N4O3. The smallest absolute Gasteiger partial charge is 0.251 e. The predicted molar refractivity (Wildman–Crippen MR) is 134 cm³/mol. The molecular weight excluding hydrogens is 428 g/mol. The normalized spacial score (nSPS) is 12.0. The van der Waals surface area contributed by atoms with E-state index < -0.39 is 6.04 Å². The monoisotopic (exact) mass is 462 g/mol. The van der Waals surface area contributed by atoms with E-state index in [-0.39, 0.29) is 17.7 Å². The number of nitrogens with zero attached hydrogens (tertiary/aromatic N) is 2. The molecule has 2 amide bonds. The van der Waals surface area contributed by atoms with Crippen molar-refractivity contribution in [3.05, 3.63) is 77.9 Å². The summed E-state index contributed by atoms with van der Waals surface area (Å²) in [7, 11) is 0. The Morgan fingerprint density at radius 2 is 1.79 bits per heavy atom. The largest absolute Gasteiger partial charge is 0.494 e. The summed E-state index contributed by atoms with van der Waals surface area (Å²) in [6.45, 7) is 11.2. The van der Waals surface area contributed by atoms with Crippen LogP contribution in [0.1, 0.15) is 62.3 Å². The van der Waals surface area contributed by atoms with Crippen LogP contribution in [0, 0.1) is 5.92 Å². The van der Waals surface area contributed by atoms with Crippen LogP contribution in [0.5, 0.6) is 5.75 Å². The predicted octanol–water partition coefficient (Wildman–Crippen LogP) is 4.85. The van der Waals surface area contributed by atoms with Crippen LogP contribution >= 0.6 is 0 Å². The number of ether oxygens (including phenoxy) is 1. The molecule has 0 spiro atoms. The van der Waals surface area contributed by atoms with Gasteiger partial charge in [-0.3, -0.25) is 9.59 Å². The topological polar surface area (TPSA) is 85.2 Å². The second-order valence-electron chi connectivity index (χ2n) is 8.91. The molecule has 1 aromatic heterocycles. The molecule has 3 aromatic rings. The summed E-state index contributed by atoms with van der Waals surface area (Å²) in [5.74, 6) is 1.40. The summed E-state index contributed by atoms with van der Waals surface area (Å²) in [6, 6.07) is 14.0. The summed E-state index contributed by atoms with van der Waals surface area (Å²) in [5, 5.41) is 5.84. The standard InChI is InChI=1S/C27H34N4O3/c1-6-34-23-12-10-21(11-13-23)26(32)30-24(18(2)3)27(33)29-22-9-7-8-20(16-22)17-31-15-14-28-25(31)19(4)5/h7-16,18-19,24H,6,17H2,1-5H3,(H,29,33)(H,30,32). The number of nitrogens with one attached hydrogen (secondary N) is 2. The van der Waals surface area contributed by atoms with E-state index in [1.54, 1.807) is 30.5 Å². The first kappa shape index (κ1) is 25.0. The van der Waals surface area contributed by atoms with Crippen molar-refractivity contribution in [1.82, 2.24) is 14.9 Å². The van der Waals surface area contributed by atoms with Gasteiger partial charge in [0.15, 0.2) is 0 Å². The molecule has 2 aromatic carbocycles. The maximum atomic E-state index is 13.1. The van der Waals surface area contributed by atoms with Crippen molar-refractivity contribution in [3.63, 3.8) is 0 Å². The highest BCUT2D eigenvalue weighted by Gasteiger charge is 2.25. The van der Waals surface area contributed by atoms with Gasteiger partial charge in [-0.25, -0.2) is 4.98 Å². The van der Waals surface area contributed by atoms with Crippen molar-refractivity contribution in [2.24, 2.45) is 5.92 Å². The molecule has 180 valence electrons. The van der Waals surface area contributed by atoms with Crippen LogP contribution in [0.25, 0.3) is 0 Å². The van der Waals surface area contributed by atoms with Gasteiger partial charge in [0.2, 0.25) is 5.91 Å². The van der Waals surface area contributed by atoms with Crippen molar-refractivity contribution < 1.29 is 14.3 Å². The Kier molecular flexibility index (Phi) is 8.46. The molecule has 0 saturated carbocycles. The van der Waals surface area contributed by atoms with Gasteiger partial charge in [0.05, 0.1) is 6.61 Å². The van der Waals surface area contributed by atoms with Crippen LogP contribution in [0.3, 0.4) is 0 Å². The summed E-state index contributed by atoms with van der Waals surface area (Å²) < 4.78 is 7.53. The highest BCUT2D eigenvalue weighted by Crippen LogP contribution is 2.18. The molecule has 34 heavy (non-hydrogen) atoms. The van der Waals surface area contributed by atoms with Gasteiger partial charge in [-0.05, 0) is 54.8 Å². The molecule has 7 nitrogen and oxygen atoms in total. The molecule has 3 rings (SSSR count). The molecule has 0 saturated heterocycles. The van der Waals surface area contributed by atoms with Gasteiger partial charge in [-0.1, -0.05) is 39.8 Å². The van der Waals surface area contributed by atoms with Gasteiger partial charge in [0.25, 0.3) is 5.91 Å². The zero-order valence-electron chi connectivity index (χ0n) is 20.5. The highest BCUT2D eigenvalue weighted by molar-refractivity contribution is 6.01. The number of aromatic nitrogens is 2. The fraction of sp³-hybridized carbons (Fsp3) is 0.370. The molecule has 0 aliphatic rings. The maximum Gasteiger partial charge on any atom is 0.251 e. The first-order chi connectivity index (χ1) is 16.3. The number of benzene rings is 2. The van der Waals surface area contributed by atoms with E-state index in [9.17, 15) is 9.59 Å². The lowest BCUT2D eigenvalue weighted by atomic mass is 10.0. The minimum Gasteiger partial charge on any atom is -0.494 e. The first-order valence-electron chi connectivity index (χ1n) is 11.7. The zero-order valence-corrected chi connectivity index (χ0v) is 20.5. The molecule has 0 radical (unpaired) electrons. The molecule has 1 unspecified atom stereocenters. The number of hydrogen-bond donors (Lipinski definition) is 2. The quantitative estimate of drug-likeness (QED) is 0.451. The van der Waals surface area contributed by atoms with E-state index >= 15 is 0 Å². The van der Waals surface area contributed by atoms with Crippen molar-refractivity contribution in [1.29, 1.82) is 0 Å². The van der Waals surface area contributed by atoms with E-state index in [1.807, 2.05) is 51.2 Å². The van der Waals surface area contributed by atoms with Gasteiger partial charge >= 0.3 is 0 Å². The van der Waals surface area contributed by atoms with Gasteiger partial charge in [-0.15, -0.1) is 0 Å². The average Bonchev–Trinajstić information content (AvgIpc) is 3.26. The minimum absolute atomic E-state index is 0.0885. The third-order valence-electron chi connectivity index (χ3n) is 5.47. The number of carbonyl (C=O) groups is 2. The highest BCUT2D eigenvalue weighted by atomic mass is 16.5. The van der Waals surface area contributed by atoms with Crippen molar-refractivity contribution in [2.75, 3.05) is 11.9 Å². The molecule has 7 heteroatoms. The van der Waals surface area contributed by atoms with Crippen molar-refractivity contribution >= 4 is 17.5 Å². The summed E-state index contributed by atoms with van der Waals surface area (Å²) >= 11 is 0. The molecule has 0 aliphatic carbocycles. The third-order valence-corrected chi connectivity index (χ3v) is 5.47. The van der Waals surface area contributed by atoms with Gasteiger partial charge in [-0.2, -0.15) is 0 Å². The molecule has 2 N–H and O–H groups in total. The first-order valence-corrected chi connectivity index (χ1v) is 11.7. The van der Waals surface area contributed by atoms with Crippen molar-refractivity contribution in [2.45, 2.75) is 53.1 Å². The van der Waals surface area contributed by atoms with E-state index in [1.165, 1.54) is 0 Å². The Bertz CT molecular complexity index is 1100. The fourth-order valence-electron chi connectivity index (χ4n) is 3.75. The summed E-state index contributed by atoms with van der Waals surface area (Å²) in [6.07, 6.45) is 3.77. The maximum absolute atomic E-state index is 13.1. The Labute approximate surface area is 201 Å². The summed E-state index contributed by atoms with van der Waals surface area (Å²) in [4.78, 5) is 30.3. The Hall–Kier alpha value is -3.61. The van der Waals surface area contributed by atoms with E-state index in [2.05, 4.69) is 34.0 Å². The lowest BCUT2D eigenvalue weighted by Gasteiger charge is -2.22. The van der Waals surface area contributed by atoms with Crippen LogP contribution in [-0.4, -0.2) is 34.0 Å². The molecule has 0 bridgehead atoms. The van der Waals surface area contributed by atoms with E-state index in [4.69, 9.17) is 4.74 Å². The van der Waals surface area contributed by atoms with E-state index in [0.717, 1.165) is 11.4 Å². The van der Waals surface area contributed by atoms with Crippen LogP contribution in [0.15, 0.2) is 60.9 Å². The van der Waals surface area contributed by atoms with Gasteiger partial charge < -0.3 is 19.9 Å². The Morgan fingerprint density at radius 3 is 2.44 bits per heavy atom. The molecule has 1 atom stereocenters. The second-order valence-corrected chi connectivity index (χ2v) is 8.91. The molecule has 0 fully saturated rings. The SMILES string of the molecule is CCOc1ccc(C(=O)NC(C(=O)Nc2cccc(Cn3ccnc3C(C)C)c2)C(C)C)cc1. The zero-order chi connectivity index (χ0) is 24.7. The van der Waals surface area contributed by atoms with E-state index in [0.29, 0.717) is 36.1 Å². The number of anilines is 1. The lowest BCUT2D eigenvalue weighted by molar-refractivity contribution is -0.118. The van der Waals surface area contributed by atoms with Crippen LogP contribution < -0.4 is 15.4 Å².